The molecule has 0 atom stereocenters. The first-order chi connectivity index (χ1) is 16.1. The van der Waals surface area contributed by atoms with Crippen LogP contribution in [0.1, 0.15) is 0 Å². The van der Waals surface area contributed by atoms with E-state index >= 15 is 0 Å². The Morgan fingerprint density at radius 3 is 1.15 bits per heavy atom. The second kappa shape index (κ2) is 11.6. The lowest BCUT2D eigenvalue weighted by atomic mass is 10.3. The summed E-state index contributed by atoms with van der Waals surface area (Å²) in [7, 11) is 4.36. The zero-order valence-corrected chi connectivity index (χ0v) is 17.9. The van der Waals surface area contributed by atoms with Gasteiger partial charge in [-0.2, -0.15) is 0 Å². The van der Waals surface area contributed by atoms with E-state index in [9.17, 15) is 5.11 Å². The molecular formula is C21H20N6O6. The van der Waals surface area contributed by atoms with Crippen LogP contribution in [-0.4, -0.2) is 56.3 Å². The molecule has 170 valence electrons. The molecule has 4 rings (SSSR count). The van der Waals surface area contributed by atoms with Crippen molar-refractivity contribution in [1.29, 1.82) is 0 Å². The molecule has 12 heteroatoms. The molecule has 0 aliphatic carbocycles. The van der Waals surface area contributed by atoms with Gasteiger partial charge in [-0.3, -0.25) is 0 Å². The van der Waals surface area contributed by atoms with Crippen molar-refractivity contribution in [3.8, 4) is 47.6 Å². The van der Waals surface area contributed by atoms with Crippen molar-refractivity contribution in [2.24, 2.45) is 0 Å². The molecule has 12 nitrogen and oxygen atoms in total. The summed E-state index contributed by atoms with van der Waals surface area (Å²) in [6, 6.07) is 17.9. The van der Waals surface area contributed by atoms with Crippen LogP contribution in [0, 0.1) is 0 Å². The van der Waals surface area contributed by atoms with E-state index in [0.717, 1.165) is 0 Å². The fourth-order valence-corrected chi connectivity index (χ4v) is 2.20. The summed E-state index contributed by atoms with van der Waals surface area (Å²) < 4.78 is 25.2. The summed E-state index contributed by atoms with van der Waals surface area (Å²) in [6.45, 7) is 0. The van der Waals surface area contributed by atoms with Crippen LogP contribution >= 0.6 is 0 Å². The number of aromatic nitrogens is 6. The van der Waals surface area contributed by atoms with Crippen LogP contribution in [0.2, 0.25) is 0 Å². The predicted octanol–water partition coefficient (Wildman–Crippen LogP) is 3.06. The number of nitrogens with zero attached hydrogens (tertiary/aromatic N) is 6. The van der Waals surface area contributed by atoms with Crippen LogP contribution in [0.4, 0.5) is 0 Å². The number of ether oxygens (including phenoxy) is 5. The topological polar surface area (TPSA) is 144 Å². The summed E-state index contributed by atoms with van der Waals surface area (Å²) in [6.07, 6.45) is 0. The van der Waals surface area contributed by atoms with Crippen molar-refractivity contribution in [3.63, 3.8) is 0 Å². The maximum Gasteiger partial charge on any atom is 0.331 e. The molecule has 0 fully saturated rings. The van der Waals surface area contributed by atoms with E-state index in [-0.39, 0.29) is 30.1 Å². The third kappa shape index (κ3) is 7.17. The van der Waals surface area contributed by atoms with Gasteiger partial charge in [0.1, 0.15) is 11.5 Å². The summed E-state index contributed by atoms with van der Waals surface area (Å²) in [5, 5.41) is 9.53. The van der Waals surface area contributed by atoms with Gasteiger partial charge in [0.2, 0.25) is 0 Å². The molecule has 0 aliphatic heterocycles. The lowest BCUT2D eigenvalue weighted by molar-refractivity contribution is 0.307. The molecule has 0 radical (unpaired) electrons. The highest BCUT2D eigenvalue weighted by Crippen LogP contribution is 2.23. The molecule has 0 unspecified atom stereocenters. The molecule has 0 saturated carbocycles. The fraction of sp³-hybridized carbons (Fsp3) is 0.143. The van der Waals surface area contributed by atoms with Gasteiger partial charge in [0.05, 0.1) is 21.3 Å². The van der Waals surface area contributed by atoms with Crippen LogP contribution in [0.15, 0.2) is 60.7 Å². The summed E-state index contributed by atoms with van der Waals surface area (Å²) in [5.74, 6) is 1.10. The van der Waals surface area contributed by atoms with Crippen molar-refractivity contribution < 1.29 is 28.8 Å². The molecule has 2 aromatic heterocycles. The maximum atomic E-state index is 9.53. The molecular weight excluding hydrogens is 432 g/mol. The van der Waals surface area contributed by atoms with Gasteiger partial charge in [-0.05, 0) is 24.3 Å². The van der Waals surface area contributed by atoms with E-state index in [1.807, 2.05) is 36.4 Å². The molecule has 0 spiro atoms. The number of benzene rings is 2. The molecule has 0 bridgehead atoms. The minimum Gasteiger partial charge on any atom is -0.479 e. The van der Waals surface area contributed by atoms with Crippen LogP contribution in [0.5, 0.6) is 47.6 Å². The van der Waals surface area contributed by atoms with Crippen LogP contribution < -0.4 is 23.7 Å². The number of hydrogen-bond donors (Lipinski definition) is 1. The van der Waals surface area contributed by atoms with E-state index < -0.39 is 6.01 Å². The first kappa shape index (κ1) is 22.9. The fourth-order valence-electron chi connectivity index (χ4n) is 2.20. The van der Waals surface area contributed by atoms with Gasteiger partial charge in [-0.25, -0.2) is 0 Å². The molecule has 4 aromatic rings. The van der Waals surface area contributed by atoms with Gasteiger partial charge < -0.3 is 28.8 Å². The van der Waals surface area contributed by atoms with Crippen LogP contribution in [0.25, 0.3) is 0 Å². The molecule has 0 aliphatic rings. The molecule has 33 heavy (non-hydrogen) atoms. The average molecular weight is 452 g/mol. The Hall–Kier alpha value is -4.74. The van der Waals surface area contributed by atoms with Gasteiger partial charge in [-0.1, -0.05) is 36.4 Å². The summed E-state index contributed by atoms with van der Waals surface area (Å²) >= 11 is 0. The van der Waals surface area contributed by atoms with Gasteiger partial charge in [-0.15, -0.1) is 29.9 Å². The first-order valence-corrected chi connectivity index (χ1v) is 9.38. The second-order valence-electron chi connectivity index (χ2n) is 5.83. The molecule has 1 N–H and O–H groups in total. The average Bonchev–Trinajstić information content (AvgIpc) is 2.85. The normalized spacial score (nSPS) is 9.79. The van der Waals surface area contributed by atoms with Gasteiger partial charge in [0, 0.05) is 0 Å². The minimum absolute atomic E-state index is 0.0420. The minimum atomic E-state index is -0.470. The van der Waals surface area contributed by atoms with Gasteiger partial charge >= 0.3 is 36.1 Å². The van der Waals surface area contributed by atoms with Crippen LogP contribution in [0.3, 0.4) is 0 Å². The lowest BCUT2D eigenvalue weighted by Crippen LogP contribution is -2.01. The van der Waals surface area contributed by atoms with E-state index in [1.54, 1.807) is 24.3 Å². The number of aromatic hydroxyl groups is 1. The SMILES string of the molecule is COc1nc(OC)nc(OC)n1.Oc1nc(Oc2ccccc2)nc(Oc2ccccc2)n1. The van der Waals surface area contributed by atoms with Crippen LogP contribution in [-0.2, 0) is 0 Å². The molecule has 2 heterocycles. The predicted molar refractivity (Wildman–Crippen MR) is 114 cm³/mol. The summed E-state index contributed by atoms with van der Waals surface area (Å²) in [5.41, 5.74) is 0. The molecule has 0 amide bonds. The van der Waals surface area contributed by atoms with Crippen molar-refractivity contribution >= 4 is 0 Å². The Kier molecular flexibility index (Phi) is 8.06. The molecule has 0 saturated heterocycles. The summed E-state index contributed by atoms with van der Waals surface area (Å²) in [4.78, 5) is 22.7. The highest BCUT2D eigenvalue weighted by atomic mass is 16.5. The third-order valence-corrected chi connectivity index (χ3v) is 3.61. The zero-order valence-electron chi connectivity index (χ0n) is 17.9. The van der Waals surface area contributed by atoms with Gasteiger partial charge in [0.25, 0.3) is 0 Å². The zero-order chi connectivity index (χ0) is 23.5. The van der Waals surface area contributed by atoms with Gasteiger partial charge in [0.15, 0.2) is 0 Å². The Bertz CT molecular complexity index is 1040. The number of methoxy groups -OCH3 is 3. The van der Waals surface area contributed by atoms with E-state index in [0.29, 0.717) is 11.5 Å². The maximum absolute atomic E-state index is 9.53. The highest BCUT2D eigenvalue weighted by molar-refractivity contribution is 5.27. The van der Waals surface area contributed by atoms with E-state index in [4.69, 9.17) is 23.7 Å². The quantitative estimate of drug-likeness (QED) is 0.440. The monoisotopic (exact) mass is 452 g/mol. The lowest BCUT2D eigenvalue weighted by Gasteiger charge is -2.06. The third-order valence-electron chi connectivity index (χ3n) is 3.61. The largest absolute Gasteiger partial charge is 0.479 e. The Balaban J connectivity index is 0.000000218. The first-order valence-electron chi connectivity index (χ1n) is 9.38. The Morgan fingerprint density at radius 1 is 0.485 bits per heavy atom. The van der Waals surface area contributed by atoms with Crippen molar-refractivity contribution in [2.75, 3.05) is 21.3 Å². The smallest absolute Gasteiger partial charge is 0.331 e. The second-order valence-corrected chi connectivity index (χ2v) is 5.83. The van der Waals surface area contributed by atoms with E-state index in [2.05, 4.69) is 29.9 Å². The Morgan fingerprint density at radius 2 is 0.818 bits per heavy atom. The van der Waals surface area contributed by atoms with E-state index in [1.165, 1.54) is 21.3 Å². The Labute approximate surface area is 188 Å². The number of rotatable bonds is 7. The molecule has 2 aromatic carbocycles. The number of hydrogen-bond acceptors (Lipinski definition) is 12. The number of para-hydroxylation sites is 2. The van der Waals surface area contributed by atoms with Crippen molar-refractivity contribution in [2.45, 2.75) is 0 Å². The van der Waals surface area contributed by atoms with Crippen molar-refractivity contribution in [3.05, 3.63) is 60.7 Å². The highest BCUT2D eigenvalue weighted by Gasteiger charge is 2.10. The standard InChI is InChI=1S/C15H11N3O3.C6H9N3O3/c19-13-16-14(20-11-7-3-1-4-8-11)18-15(17-13)21-12-9-5-2-6-10-12;1-10-4-7-5(11-2)9-6(8-4)12-3/h1-10H,(H,16,17,18,19);1-3H3. The van der Waals surface area contributed by atoms with Crippen molar-refractivity contribution in [1.82, 2.24) is 29.9 Å².